The van der Waals surface area contributed by atoms with Crippen molar-refractivity contribution in [1.82, 2.24) is 0 Å². The summed E-state index contributed by atoms with van der Waals surface area (Å²) < 4.78 is 33.1. The molecule has 0 aliphatic heterocycles. The summed E-state index contributed by atoms with van der Waals surface area (Å²) in [5.41, 5.74) is 0.191. The highest BCUT2D eigenvalue weighted by atomic mass is 32.2. The molecule has 2 aromatic carbocycles. The van der Waals surface area contributed by atoms with E-state index in [0.29, 0.717) is 11.5 Å². The minimum Gasteiger partial charge on any atom is -0.478 e. The molecule has 6 nitrogen and oxygen atoms in total. The normalized spacial score (nSPS) is 11.0. The fraction of sp³-hybridized carbons (Fsp3) is 0. The molecule has 8 heteroatoms. The van der Waals surface area contributed by atoms with Crippen LogP contribution in [0.1, 0.15) is 10.4 Å². The highest BCUT2D eigenvalue weighted by Gasteiger charge is 2.20. The number of aromatic carboxylic acids is 1. The lowest BCUT2D eigenvalue weighted by Gasteiger charge is -2.12. The van der Waals surface area contributed by atoms with Crippen molar-refractivity contribution < 1.29 is 23.1 Å². The van der Waals surface area contributed by atoms with E-state index >= 15 is 0 Å². The number of carboxylic acids is 1. The number of nitrogens with one attached hydrogen (secondary N) is 1. The van der Waals surface area contributed by atoms with E-state index in [9.17, 15) is 13.2 Å². The summed E-state index contributed by atoms with van der Waals surface area (Å²) in [4.78, 5) is 10.9. The Bertz CT molecular complexity index is 997. The Morgan fingerprint density at radius 1 is 1.04 bits per heavy atom. The fourth-order valence-corrected chi connectivity index (χ4v) is 4.24. The maximum atomic E-state index is 12.5. The number of hydrogen-bond acceptors (Lipinski definition) is 5. The Hall–Kier alpha value is -2.84. The first kappa shape index (κ1) is 17.0. The molecule has 3 rings (SSSR count). The van der Waals surface area contributed by atoms with Gasteiger partial charge in [0.15, 0.2) is 5.75 Å². The molecular formula is C17H13NO5S2. The number of hydrogen-bond donors (Lipinski definition) is 2. The number of carboxylic acid groups (broad SMARTS) is 1. The maximum Gasteiger partial charge on any atom is 0.336 e. The number of anilines is 1. The maximum absolute atomic E-state index is 12.5. The Balaban J connectivity index is 1.88. The lowest BCUT2D eigenvalue weighted by atomic mass is 10.3. The molecule has 0 unspecified atom stereocenters. The van der Waals surface area contributed by atoms with E-state index < -0.39 is 16.0 Å². The highest BCUT2D eigenvalue weighted by Crippen LogP contribution is 2.31. The van der Waals surface area contributed by atoms with E-state index in [0.717, 1.165) is 17.4 Å². The van der Waals surface area contributed by atoms with Crippen LogP contribution in [0.5, 0.6) is 11.5 Å². The van der Waals surface area contributed by atoms with Crippen LogP contribution in [0.15, 0.2) is 70.3 Å². The largest absolute Gasteiger partial charge is 0.478 e. The lowest BCUT2D eigenvalue weighted by molar-refractivity contribution is 0.0697. The number of para-hydroxylation sites is 3. The molecule has 0 atom stereocenters. The summed E-state index contributed by atoms with van der Waals surface area (Å²) in [6, 6.07) is 16.7. The topological polar surface area (TPSA) is 92.7 Å². The summed E-state index contributed by atoms with van der Waals surface area (Å²) in [5, 5.41) is 10.2. The molecule has 0 aliphatic carbocycles. The van der Waals surface area contributed by atoms with E-state index in [-0.39, 0.29) is 15.5 Å². The van der Waals surface area contributed by atoms with Crippen LogP contribution in [0.4, 0.5) is 5.69 Å². The first-order chi connectivity index (χ1) is 12.0. The van der Waals surface area contributed by atoms with Crippen molar-refractivity contribution in [2.24, 2.45) is 0 Å². The van der Waals surface area contributed by atoms with Gasteiger partial charge >= 0.3 is 5.97 Å². The van der Waals surface area contributed by atoms with Crippen molar-refractivity contribution in [2.75, 3.05) is 4.72 Å². The molecule has 25 heavy (non-hydrogen) atoms. The van der Waals surface area contributed by atoms with Gasteiger partial charge < -0.3 is 9.84 Å². The molecule has 0 bridgehead atoms. The minimum atomic E-state index is -3.92. The molecule has 0 saturated carbocycles. The van der Waals surface area contributed by atoms with Crippen molar-refractivity contribution in [2.45, 2.75) is 4.21 Å². The SMILES string of the molecule is O=C(O)c1csc(S(=O)(=O)Nc2ccccc2Oc2ccccc2)c1. The van der Waals surface area contributed by atoms with Crippen LogP contribution in [0.25, 0.3) is 0 Å². The van der Waals surface area contributed by atoms with Gasteiger partial charge in [0.2, 0.25) is 0 Å². The van der Waals surface area contributed by atoms with E-state index in [1.807, 2.05) is 6.07 Å². The fourth-order valence-electron chi connectivity index (χ4n) is 2.02. The molecule has 0 radical (unpaired) electrons. The molecule has 0 saturated heterocycles. The van der Waals surface area contributed by atoms with Gasteiger partial charge in [-0.05, 0) is 30.3 Å². The van der Waals surface area contributed by atoms with Gasteiger partial charge in [0.05, 0.1) is 11.3 Å². The predicted octanol–water partition coefficient (Wildman–Crippen LogP) is 4.04. The summed E-state index contributed by atoms with van der Waals surface area (Å²) in [7, 11) is -3.92. The third-order valence-electron chi connectivity index (χ3n) is 3.19. The first-order valence-electron chi connectivity index (χ1n) is 7.12. The van der Waals surface area contributed by atoms with Crippen molar-refractivity contribution in [3.63, 3.8) is 0 Å². The van der Waals surface area contributed by atoms with E-state index in [1.165, 1.54) is 5.38 Å². The van der Waals surface area contributed by atoms with E-state index in [2.05, 4.69) is 4.72 Å². The number of ether oxygens (including phenoxy) is 1. The van der Waals surface area contributed by atoms with Crippen LogP contribution in [0.2, 0.25) is 0 Å². The molecule has 2 N–H and O–H groups in total. The molecule has 3 aromatic rings. The molecule has 1 heterocycles. The summed E-state index contributed by atoms with van der Waals surface area (Å²) in [6.45, 7) is 0. The zero-order valence-corrected chi connectivity index (χ0v) is 14.4. The smallest absolute Gasteiger partial charge is 0.336 e. The highest BCUT2D eigenvalue weighted by molar-refractivity contribution is 7.94. The van der Waals surface area contributed by atoms with Gasteiger partial charge in [0, 0.05) is 5.38 Å². The molecular weight excluding hydrogens is 362 g/mol. The monoisotopic (exact) mass is 375 g/mol. The van der Waals surface area contributed by atoms with Crippen molar-refractivity contribution in [1.29, 1.82) is 0 Å². The quantitative estimate of drug-likeness (QED) is 0.678. The average Bonchev–Trinajstić information content (AvgIpc) is 3.09. The standard InChI is InChI=1S/C17H13NO5S2/c19-17(20)12-10-16(24-11-12)25(21,22)18-14-8-4-5-9-15(14)23-13-6-2-1-3-7-13/h1-11,18H,(H,19,20). The second-order valence-electron chi connectivity index (χ2n) is 4.98. The molecule has 0 amide bonds. The molecule has 0 aliphatic rings. The third-order valence-corrected chi connectivity index (χ3v) is 5.99. The van der Waals surface area contributed by atoms with Crippen LogP contribution in [0.3, 0.4) is 0 Å². The van der Waals surface area contributed by atoms with E-state index in [4.69, 9.17) is 9.84 Å². The Labute approximate surface area is 148 Å². The van der Waals surface area contributed by atoms with Crippen molar-refractivity contribution >= 4 is 33.0 Å². The number of thiophene rings is 1. The van der Waals surface area contributed by atoms with Gasteiger partial charge in [-0.25, -0.2) is 13.2 Å². The third kappa shape index (κ3) is 3.98. The number of benzene rings is 2. The Morgan fingerprint density at radius 2 is 1.72 bits per heavy atom. The van der Waals surface area contributed by atoms with Crippen LogP contribution in [0, 0.1) is 0 Å². The first-order valence-corrected chi connectivity index (χ1v) is 9.48. The second kappa shape index (κ2) is 6.96. The summed E-state index contributed by atoms with van der Waals surface area (Å²) in [5.74, 6) is -0.267. The molecule has 0 fully saturated rings. The van der Waals surface area contributed by atoms with Gasteiger partial charge in [-0.3, -0.25) is 4.72 Å². The van der Waals surface area contributed by atoms with E-state index in [1.54, 1.807) is 48.5 Å². The second-order valence-corrected chi connectivity index (χ2v) is 7.80. The zero-order chi connectivity index (χ0) is 17.9. The van der Waals surface area contributed by atoms with Gasteiger partial charge in [-0.15, -0.1) is 11.3 Å². The van der Waals surface area contributed by atoms with Crippen LogP contribution in [-0.2, 0) is 10.0 Å². The zero-order valence-electron chi connectivity index (χ0n) is 12.7. The Morgan fingerprint density at radius 3 is 2.40 bits per heavy atom. The van der Waals surface area contributed by atoms with Gasteiger partial charge in [-0.1, -0.05) is 30.3 Å². The minimum absolute atomic E-state index is 0.0702. The predicted molar refractivity (Wildman–Crippen MR) is 95.0 cm³/mol. The van der Waals surface area contributed by atoms with Gasteiger partial charge in [0.25, 0.3) is 10.0 Å². The number of sulfonamides is 1. The van der Waals surface area contributed by atoms with Crippen LogP contribution >= 0.6 is 11.3 Å². The summed E-state index contributed by atoms with van der Waals surface area (Å²) >= 11 is 0.842. The summed E-state index contributed by atoms with van der Waals surface area (Å²) in [6.07, 6.45) is 0. The average molecular weight is 375 g/mol. The Kier molecular flexibility index (Phi) is 4.73. The number of rotatable bonds is 6. The van der Waals surface area contributed by atoms with Crippen molar-refractivity contribution in [3.8, 4) is 11.5 Å². The van der Waals surface area contributed by atoms with Crippen LogP contribution < -0.4 is 9.46 Å². The molecule has 0 spiro atoms. The van der Waals surface area contributed by atoms with Crippen LogP contribution in [-0.4, -0.2) is 19.5 Å². The molecule has 128 valence electrons. The van der Waals surface area contributed by atoms with Crippen molar-refractivity contribution in [3.05, 3.63) is 71.6 Å². The van der Waals surface area contributed by atoms with Gasteiger partial charge in [0.1, 0.15) is 9.96 Å². The molecule has 1 aromatic heterocycles. The van der Waals surface area contributed by atoms with Gasteiger partial charge in [-0.2, -0.15) is 0 Å². The lowest BCUT2D eigenvalue weighted by Crippen LogP contribution is -2.12. The number of carbonyl (C=O) groups is 1.